The quantitative estimate of drug-likeness (QED) is 0.759. The number of anilines is 2. The second-order valence-electron chi connectivity index (χ2n) is 7.63. The third-order valence-electron chi connectivity index (χ3n) is 4.04. The van der Waals surface area contributed by atoms with Crippen molar-refractivity contribution in [3.8, 4) is 0 Å². The molecule has 0 spiro atoms. The molecule has 28 heavy (non-hydrogen) atoms. The number of halogens is 3. The van der Waals surface area contributed by atoms with Gasteiger partial charge in [0.1, 0.15) is 11.6 Å². The highest BCUT2D eigenvalue weighted by molar-refractivity contribution is 5.92. The molecule has 1 heterocycles. The minimum atomic E-state index is -4.60. The molecule has 156 valence electrons. The van der Waals surface area contributed by atoms with E-state index in [-0.39, 0.29) is 13.1 Å². The van der Waals surface area contributed by atoms with Gasteiger partial charge >= 0.3 is 12.3 Å². The van der Waals surface area contributed by atoms with Gasteiger partial charge in [-0.05, 0) is 39.0 Å². The fourth-order valence-electron chi connectivity index (χ4n) is 2.81. The topological polar surface area (TPSA) is 87.9 Å². The van der Waals surface area contributed by atoms with Gasteiger partial charge in [-0.25, -0.2) is 4.79 Å². The second kappa shape index (κ2) is 8.26. The average Bonchev–Trinajstić information content (AvgIpc) is 2.52. The number of nitrogen functional groups attached to an aromatic ring is 1. The van der Waals surface area contributed by atoms with E-state index in [0.29, 0.717) is 11.4 Å². The third kappa shape index (κ3) is 6.29. The van der Waals surface area contributed by atoms with Gasteiger partial charge in [-0.3, -0.25) is 9.69 Å². The Balaban J connectivity index is 2.03. The molecule has 7 nitrogen and oxygen atoms in total. The van der Waals surface area contributed by atoms with Crippen LogP contribution in [-0.2, 0) is 9.53 Å². The minimum absolute atomic E-state index is 0.0348. The molecule has 1 aromatic carbocycles. The van der Waals surface area contributed by atoms with Gasteiger partial charge in [0.15, 0.2) is 0 Å². The van der Waals surface area contributed by atoms with Crippen LogP contribution in [0.4, 0.5) is 29.3 Å². The maximum Gasteiger partial charge on any atom is 0.410 e. The fraction of sp³-hybridized carbons (Fsp3) is 0.556. The normalized spacial score (nSPS) is 18.6. The summed E-state index contributed by atoms with van der Waals surface area (Å²) in [5.74, 6) is -0.592. The van der Waals surface area contributed by atoms with E-state index < -0.39 is 42.9 Å². The highest BCUT2D eigenvalue weighted by Gasteiger charge is 2.48. The van der Waals surface area contributed by atoms with Gasteiger partial charge in [-0.2, -0.15) is 13.2 Å². The van der Waals surface area contributed by atoms with E-state index in [2.05, 4.69) is 5.32 Å². The monoisotopic (exact) mass is 402 g/mol. The summed E-state index contributed by atoms with van der Waals surface area (Å²) in [6, 6.07) is 4.41. The Morgan fingerprint density at radius 1 is 1.25 bits per heavy atom. The number of hydrogen-bond acceptors (Lipinski definition) is 5. The predicted octanol–water partition coefficient (Wildman–Crippen LogP) is 2.69. The van der Waals surface area contributed by atoms with Gasteiger partial charge in [0.2, 0.25) is 5.91 Å². The molecular formula is C18H25F3N4O3. The van der Waals surface area contributed by atoms with Crippen LogP contribution in [0.2, 0.25) is 0 Å². The van der Waals surface area contributed by atoms with Crippen LogP contribution in [0.3, 0.4) is 0 Å². The van der Waals surface area contributed by atoms with Gasteiger partial charge in [0.05, 0.1) is 6.54 Å². The molecule has 2 amide bonds. The Hall–Kier alpha value is -2.49. The van der Waals surface area contributed by atoms with E-state index >= 15 is 0 Å². The number of carbonyl (C=O) groups is 2. The first-order valence-electron chi connectivity index (χ1n) is 8.79. The molecule has 0 radical (unpaired) electrons. The van der Waals surface area contributed by atoms with E-state index in [1.54, 1.807) is 39.0 Å². The smallest absolute Gasteiger partial charge is 0.410 e. The number of ether oxygens (including phenoxy) is 1. The van der Waals surface area contributed by atoms with Crippen LogP contribution >= 0.6 is 0 Å². The molecule has 0 saturated carbocycles. The summed E-state index contributed by atoms with van der Waals surface area (Å²) in [4.78, 5) is 26.4. The highest BCUT2D eigenvalue weighted by Crippen LogP contribution is 2.28. The van der Waals surface area contributed by atoms with Gasteiger partial charge < -0.3 is 20.7 Å². The highest BCUT2D eigenvalue weighted by atomic mass is 19.4. The number of hydrogen-bond donors (Lipinski definition) is 2. The maximum absolute atomic E-state index is 13.5. The third-order valence-corrected chi connectivity index (χ3v) is 4.04. The van der Waals surface area contributed by atoms with Gasteiger partial charge in [0, 0.05) is 31.0 Å². The molecule has 3 N–H and O–H groups in total. The first kappa shape index (κ1) is 21.8. The van der Waals surface area contributed by atoms with Crippen molar-refractivity contribution in [3.05, 3.63) is 24.3 Å². The summed E-state index contributed by atoms with van der Waals surface area (Å²) in [5.41, 5.74) is 5.65. The summed E-state index contributed by atoms with van der Waals surface area (Å²) in [6.07, 6.45) is -5.40. The molecule has 1 atom stereocenters. The van der Waals surface area contributed by atoms with Crippen LogP contribution in [0.15, 0.2) is 24.3 Å². The predicted molar refractivity (Wildman–Crippen MR) is 98.7 cm³/mol. The lowest BCUT2D eigenvalue weighted by Crippen LogP contribution is -2.61. The van der Waals surface area contributed by atoms with E-state index in [4.69, 9.17) is 10.5 Å². The summed E-state index contributed by atoms with van der Waals surface area (Å²) in [6.45, 7) is 3.81. The Bertz CT molecular complexity index is 719. The minimum Gasteiger partial charge on any atom is -0.444 e. The number of amides is 2. The molecular weight excluding hydrogens is 377 g/mol. The Morgan fingerprint density at radius 2 is 1.93 bits per heavy atom. The van der Waals surface area contributed by atoms with Crippen molar-refractivity contribution in [3.63, 3.8) is 0 Å². The van der Waals surface area contributed by atoms with Crippen molar-refractivity contribution < 1.29 is 27.5 Å². The van der Waals surface area contributed by atoms with Gasteiger partial charge in [-0.1, -0.05) is 6.07 Å². The summed E-state index contributed by atoms with van der Waals surface area (Å²) >= 11 is 0. The summed E-state index contributed by atoms with van der Waals surface area (Å²) in [5, 5.41) is 2.53. The standard InChI is InChI=1S/C18H25F3N4O3/c1-17(2,3)28-16(27)25-8-7-24(14(10-25)18(19,20)21)11-15(26)23-13-6-4-5-12(22)9-13/h4-6,9,14H,7-8,10-11,22H2,1-3H3,(H,23,26). The van der Waals surface area contributed by atoms with Crippen LogP contribution in [0.25, 0.3) is 0 Å². The molecule has 10 heteroatoms. The number of alkyl halides is 3. The number of nitrogens with one attached hydrogen (secondary N) is 1. The van der Waals surface area contributed by atoms with E-state index in [9.17, 15) is 22.8 Å². The number of piperazine rings is 1. The summed E-state index contributed by atoms with van der Waals surface area (Å²) < 4.78 is 45.7. The molecule has 1 aliphatic heterocycles. The Labute approximate surface area is 161 Å². The zero-order chi connectivity index (χ0) is 21.1. The molecule has 1 fully saturated rings. The van der Waals surface area contributed by atoms with Crippen LogP contribution in [-0.4, -0.2) is 65.8 Å². The molecule has 0 bridgehead atoms. The molecule has 1 aromatic rings. The van der Waals surface area contributed by atoms with Crippen molar-refractivity contribution in [2.24, 2.45) is 0 Å². The van der Waals surface area contributed by atoms with Crippen molar-refractivity contribution in [1.29, 1.82) is 0 Å². The van der Waals surface area contributed by atoms with Crippen LogP contribution in [0.1, 0.15) is 20.8 Å². The lowest BCUT2D eigenvalue weighted by molar-refractivity contribution is -0.195. The first-order valence-corrected chi connectivity index (χ1v) is 8.79. The Morgan fingerprint density at radius 3 is 2.50 bits per heavy atom. The lowest BCUT2D eigenvalue weighted by Gasteiger charge is -2.41. The molecule has 1 saturated heterocycles. The number of nitrogens with zero attached hydrogens (tertiary/aromatic N) is 2. The van der Waals surface area contributed by atoms with Crippen LogP contribution in [0.5, 0.6) is 0 Å². The van der Waals surface area contributed by atoms with E-state index in [1.807, 2.05) is 0 Å². The van der Waals surface area contributed by atoms with Gasteiger partial charge in [0.25, 0.3) is 0 Å². The molecule has 0 aromatic heterocycles. The van der Waals surface area contributed by atoms with Crippen molar-refractivity contribution in [1.82, 2.24) is 9.80 Å². The maximum atomic E-state index is 13.5. The zero-order valence-corrected chi connectivity index (χ0v) is 16.0. The molecule has 1 unspecified atom stereocenters. The lowest BCUT2D eigenvalue weighted by atomic mass is 10.1. The molecule has 2 rings (SSSR count). The largest absolute Gasteiger partial charge is 0.444 e. The second-order valence-corrected chi connectivity index (χ2v) is 7.63. The van der Waals surface area contributed by atoms with Gasteiger partial charge in [-0.15, -0.1) is 0 Å². The number of carbonyl (C=O) groups excluding carboxylic acids is 2. The van der Waals surface area contributed by atoms with Crippen molar-refractivity contribution >= 4 is 23.4 Å². The van der Waals surface area contributed by atoms with Crippen LogP contribution < -0.4 is 11.1 Å². The molecule has 1 aliphatic rings. The Kier molecular flexibility index (Phi) is 6.43. The molecule has 0 aliphatic carbocycles. The SMILES string of the molecule is CC(C)(C)OC(=O)N1CCN(CC(=O)Nc2cccc(N)c2)C(C(F)(F)F)C1. The fourth-order valence-corrected chi connectivity index (χ4v) is 2.81. The number of benzene rings is 1. The zero-order valence-electron chi connectivity index (χ0n) is 16.0. The first-order chi connectivity index (χ1) is 12.8. The van der Waals surface area contributed by atoms with Crippen LogP contribution in [0, 0.1) is 0 Å². The van der Waals surface area contributed by atoms with E-state index in [0.717, 1.165) is 9.80 Å². The van der Waals surface area contributed by atoms with E-state index in [1.165, 1.54) is 6.07 Å². The van der Waals surface area contributed by atoms with Crippen molar-refractivity contribution in [2.45, 2.75) is 38.6 Å². The summed E-state index contributed by atoms with van der Waals surface area (Å²) in [7, 11) is 0. The van der Waals surface area contributed by atoms with Crippen molar-refractivity contribution in [2.75, 3.05) is 37.2 Å². The number of nitrogens with two attached hydrogens (primary N) is 1. The number of rotatable bonds is 3. The average molecular weight is 402 g/mol.